The average molecular weight is 257 g/mol. The van der Waals surface area contributed by atoms with E-state index in [4.69, 9.17) is 18.0 Å². The number of hydrogen-bond acceptors (Lipinski definition) is 3. The van der Waals surface area contributed by atoms with Crippen LogP contribution in [0.15, 0.2) is 0 Å². The van der Waals surface area contributed by atoms with Crippen LogP contribution in [0.2, 0.25) is 0 Å². The summed E-state index contributed by atoms with van der Waals surface area (Å²) in [6, 6.07) is 0.250. The minimum Gasteiger partial charge on any atom is -0.393 e. The largest absolute Gasteiger partial charge is 0.393 e. The Hall–Kier alpha value is -0.680. The number of thiocarbonyl (C=S) groups is 1. The van der Waals surface area contributed by atoms with Crippen LogP contribution < -0.4 is 11.1 Å². The Morgan fingerprint density at radius 3 is 2.82 bits per heavy atom. The van der Waals surface area contributed by atoms with Gasteiger partial charge in [0, 0.05) is 12.6 Å². The lowest BCUT2D eigenvalue weighted by atomic mass is 10.0. The van der Waals surface area contributed by atoms with Gasteiger partial charge in [0.25, 0.3) is 0 Å². The van der Waals surface area contributed by atoms with E-state index in [1.165, 1.54) is 0 Å². The Balaban J connectivity index is 2.47. The van der Waals surface area contributed by atoms with Gasteiger partial charge in [0.2, 0.25) is 5.91 Å². The number of piperidine rings is 1. The highest BCUT2D eigenvalue weighted by Crippen LogP contribution is 2.11. The SMILES string of the molecule is CCC(C(=O)NC1CCCN(CC)C1)C(N)=S. The van der Waals surface area contributed by atoms with Gasteiger partial charge >= 0.3 is 0 Å². The quantitative estimate of drug-likeness (QED) is 0.719. The van der Waals surface area contributed by atoms with Crippen molar-refractivity contribution in [2.45, 2.75) is 39.2 Å². The molecule has 0 aromatic rings. The number of carbonyl (C=O) groups is 1. The molecule has 0 aliphatic carbocycles. The van der Waals surface area contributed by atoms with Crippen LogP contribution in [0.3, 0.4) is 0 Å². The number of amides is 1. The lowest BCUT2D eigenvalue weighted by Gasteiger charge is -2.33. The summed E-state index contributed by atoms with van der Waals surface area (Å²) < 4.78 is 0. The molecule has 1 heterocycles. The standard InChI is InChI=1S/C12H23N3OS/c1-3-10(11(13)17)12(16)14-9-6-5-7-15(4-2)8-9/h9-10H,3-8H2,1-2H3,(H2,13,17)(H,14,16). The Labute approximate surface area is 109 Å². The fraction of sp³-hybridized carbons (Fsp3) is 0.833. The van der Waals surface area contributed by atoms with Gasteiger partial charge in [0.15, 0.2) is 0 Å². The third kappa shape index (κ3) is 4.24. The highest BCUT2D eigenvalue weighted by molar-refractivity contribution is 7.80. The van der Waals surface area contributed by atoms with E-state index in [1.54, 1.807) is 0 Å². The lowest BCUT2D eigenvalue weighted by Crippen LogP contribution is -2.50. The van der Waals surface area contributed by atoms with Crippen molar-refractivity contribution in [3.8, 4) is 0 Å². The number of likely N-dealkylation sites (tertiary alicyclic amines) is 1. The molecule has 5 heteroatoms. The molecule has 1 aliphatic heterocycles. The van der Waals surface area contributed by atoms with E-state index in [0.717, 1.165) is 32.5 Å². The van der Waals surface area contributed by atoms with E-state index in [-0.39, 0.29) is 17.9 Å². The maximum absolute atomic E-state index is 12.0. The highest BCUT2D eigenvalue weighted by atomic mass is 32.1. The molecule has 0 aromatic heterocycles. The van der Waals surface area contributed by atoms with Crippen LogP contribution in [0.4, 0.5) is 0 Å². The monoisotopic (exact) mass is 257 g/mol. The molecule has 1 amide bonds. The fourth-order valence-electron chi connectivity index (χ4n) is 2.28. The van der Waals surface area contributed by atoms with Crippen molar-refractivity contribution in [2.75, 3.05) is 19.6 Å². The first-order valence-electron chi connectivity index (χ1n) is 6.40. The lowest BCUT2D eigenvalue weighted by molar-refractivity contribution is -0.124. The van der Waals surface area contributed by atoms with Crippen molar-refractivity contribution < 1.29 is 4.79 Å². The van der Waals surface area contributed by atoms with E-state index < -0.39 is 0 Å². The zero-order valence-electron chi connectivity index (χ0n) is 10.7. The number of carbonyl (C=O) groups excluding carboxylic acids is 1. The second kappa shape index (κ2) is 6.91. The summed E-state index contributed by atoms with van der Waals surface area (Å²) in [7, 11) is 0. The van der Waals surface area contributed by atoms with E-state index in [2.05, 4.69) is 17.1 Å². The van der Waals surface area contributed by atoms with Crippen LogP contribution in [-0.2, 0) is 4.79 Å². The third-order valence-corrected chi connectivity index (χ3v) is 3.65. The first-order valence-corrected chi connectivity index (χ1v) is 6.81. The number of nitrogens with zero attached hydrogens (tertiary/aromatic N) is 1. The second-order valence-corrected chi connectivity index (χ2v) is 5.08. The predicted molar refractivity (Wildman–Crippen MR) is 73.8 cm³/mol. The molecule has 1 rings (SSSR count). The third-order valence-electron chi connectivity index (χ3n) is 3.37. The number of nitrogens with two attached hydrogens (primary N) is 1. The normalized spacial score (nSPS) is 23.1. The summed E-state index contributed by atoms with van der Waals surface area (Å²) in [5, 5.41) is 3.07. The maximum atomic E-state index is 12.0. The molecule has 1 aliphatic rings. The molecule has 17 heavy (non-hydrogen) atoms. The molecule has 1 saturated heterocycles. The van der Waals surface area contributed by atoms with Gasteiger partial charge < -0.3 is 16.0 Å². The van der Waals surface area contributed by atoms with E-state index in [0.29, 0.717) is 11.4 Å². The van der Waals surface area contributed by atoms with Crippen LogP contribution >= 0.6 is 12.2 Å². The second-order valence-electron chi connectivity index (χ2n) is 4.60. The van der Waals surface area contributed by atoms with Crippen molar-refractivity contribution >= 4 is 23.1 Å². The van der Waals surface area contributed by atoms with Crippen molar-refractivity contribution in [1.29, 1.82) is 0 Å². The summed E-state index contributed by atoms with van der Waals surface area (Å²) in [5.41, 5.74) is 5.57. The molecular weight excluding hydrogens is 234 g/mol. The molecule has 3 N–H and O–H groups in total. The Bertz CT molecular complexity index is 283. The molecule has 4 nitrogen and oxygen atoms in total. The Morgan fingerprint density at radius 1 is 1.59 bits per heavy atom. The van der Waals surface area contributed by atoms with Crippen LogP contribution in [0, 0.1) is 5.92 Å². The average Bonchev–Trinajstić information content (AvgIpc) is 2.29. The molecule has 0 aromatic carbocycles. The Morgan fingerprint density at radius 2 is 2.29 bits per heavy atom. The number of rotatable bonds is 5. The van der Waals surface area contributed by atoms with Crippen molar-refractivity contribution in [3.05, 3.63) is 0 Å². The summed E-state index contributed by atoms with van der Waals surface area (Å²) >= 11 is 4.91. The van der Waals surface area contributed by atoms with E-state index in [9.17, 15) is 4.79 Å². The zero-order valence-corrected chi connectivity index (χ0v) is 11.6. The van der Waals surface area contributed by atoms with Gasteiger partial charge in [-0.15, -0.1) is 0 Å². The van der Waals surface area contributed by atoms with Crippen LogP contribution in [0.5, 0.6) is 0 Å². The van der Waals surface area contributed by atoms with Crippen LogP contribution in [-0.4, -0.2) is 41.5 Å². The zero-order chi connectivity index (χ0) is 12.8. The van der Waals surface area contributed by atoms with Crippen molar-refractivity contribution in [3.63, 3.8) is 0 Å². The molecule has 2 unspecified atom stereocenters. The van der Waals surface area contributed by atoms with E-state index >= 15 is 0 Å². The minimum atomic E-state index is -0.318. The summed E-state index contributed by atoms with van der Waals surface area (Å²) in [4.78, 5) is 14.6. The molecule has 98 valence electrons. The van der Waals surface area contributed by atoms with Gasteiger partial charge in [-0.3, -0.25) is 4.79 Å². The number of likely N-dealkylation sites (N-methyl/N-ethyl adjacent to an activating group) is 1. The van der Waals surface area contributed by atoms with Gasteiger partial charge in [0.1, 0.15) is 0 Å². The van der Waals surface area contributed by atoms with Gasteiger partial charge in [0.05, 0.1) is 10.9 Å². The number of nitrogens with one attached hydrogen (secondary N) is 1. The topological polar surface area (TPSA) is 58.4 Å². The molecule has 1 fully saturated rings. The summed E-state index contributed by atoms with van der Waals surface area (Å²) in [5.74, 6) is -0.329. The molecule has 2 atom stereocenters. The van der Waals surface area contributed by atoms with Crippen molar-refractivity contribution in [2.24, 2.45) is 11.7 Å². The molecule has 0 radical (unpaired) electrons. The first-order chi connectivity index (χ1) is 8.08. The smallest absolute Gasteiger partial charge is 0.230 e. The summed E-state index contributed by atoms with van der Waals surface area (Å²) in [6.45, 7) is 7.20. The van der Waals surface area contributed by atoms with E-state index in [1.807, 2.05) is 6.92 Å². The molecule has 0 spiro atoms. The maximum Gasteiger partial charge on any atom is 0.230 e. The summed E-state index contributed by atoms with van der Waals surface area (Å²) in [6.07, 6.45) is 2.87. The minimum absolute atomic E-state index is 0.0112. The predicted octanol–water partition coefficient (Wildman–Crippen LogP) is 0.899. The van der Waals surface area contributed by atoms with Crippen molar-refractivity contribution in [1.82, 2.24) is 10.2 Å². The molecular formula is C12H23N3OS. The fourth-order valence-corrected chi connectivity index (χ4v) is 2.55. The van der Waals surface area contributed by atoms with Gasteiger partial charge in [-0.25, -0.2) is 0 Å². The Kier molecular flexibility index (Phi) is 5.85. The van der Waals surface area contributed by atoms with Crippen LogP contribution in [0.1, 0.15) is 33.1 Å². The first kappa shape index (κ1) is 14.4. The van der Waals surface area contributed by atoms with Crippen LogP contribution in [0.25, 0.3) is 0 Å². The highest BCUT2D eigenvalue weighted by Gasteiger charge is 2.25. The van der Waals surface area contributed by atoms with Gasteiger partial charge in [-0.1, -0.05) is 26.1 Å². The van der Waals surface area contributed by atoms with Gasteiger partial charge in [-0.2, -0.15) is 0 Å². The van der Waals surface area contributed by atoms with Gasteiger partial charge in [-0.05, 0) is 32.4 Å². The molecule has 0 bridgehead atoms. The number of hydrogen-bond donors (Lipinski definition) is 2. The molecule has 0 saturated carbocycles.